The average Bonchev–Trinajstić information content (AvgIpc) is 2.39. The van der Waals surface area contributed by atoms with Gasteiger partial charge in [-0.05, 0) is 44.9 Å². The number of rotatable bonds is 5. The number of aliphatic hydroxyl groups is 1. The van der Waals surface area contributed by atoms with Crippen LogP contribution in [0, 0.1) is 12.8 Å². The average molecular weight is 262 g/mol. The van der Waals surface area contributed by atoms with E-state index >= 15 is 0 Å². The van der Waals surface area contributed by atoms with E-state index in [2.05, 4.69) is 23.0 Å². The molecule has 1 unspecified atom stereocenters. The number of pyridine rings is 1. The second kappa shape index (κ2) is 7.01. The third-order valence-electron chi connectivity index (χ3n) is 4.07. The van der Waals surface area contributed by atoms with Gasteiger partial charge in [0.1, 0.15) is 0 Å². The molecule has 0 amide bonds. The van der Waals surface area contributed by atoms with Gasteiger partial charge in [0.05, 0.1) is 11.8 Å². The van der Waals surface area contributed by atoms with Gasteiger partial charge < -0.3 is 5.11 Å². The largest absolute Gasteiger partial charge is 0.392 e. The van der Waals surface area contributed by atoms with E-state index in [0.717, 1.165) is 24.5 Å². The number of hydrogen-bond acceptors (Lipinski definition) is 3. The van der Waals surface area contributed by atoms with Crippen molar-refractivity contribution in [3.05, 3.63) is 29.6 Å². The van der Waals surface area contributed by atoms with Crippen molar-refractivity contribution in [2.24, 2.45) is 5.92 Å². The Kier molecular flexibility index (Phi) is 5.34. The molecule has 1 aliphatic carbocycles. The van der Waals surface area contributed by atoms with Crippen molar-refractivity contribution in [2.45, 2.75) is 51.7 Å². The lowest BCUT2D eigenvalue weighted by atomic mass is 9.85. The Morgan fingerprint density at radius 3 is 2.74 bits per heavy atom. The highest BCUT2D eigenvalue weighted by atomic mass is 16.3. The number of aryl methyl sites for hydroxylation is 1. The molecule has 19 heavy (non-hydrogen) atoms. The molecule has 106 valence electrons. The Hall–Kier alpha value is -0.930. The maximum absolute atomic E-state index is 10.3. The summed E-state index contributed by atoms with van der Waals surface area (Å²) < 4.78 is 0. The van der Waals surface area contributed by atoms with Gasteiger partial charge in [-0.1, -0.05) is 25.3 Å². The number of nitrogens with zero attached hydrogens (tertiary/aromatic N) is 2. The van der Waals surface area contributed by atoms with Crippen molar-refractivity contribution in [3.63, 3.8) is 0 Å². The Bertz CT molecular complexity index is 388. The summed E-state index contributed by atoms with van der Waals surface area (Å²) in [5.41, 5.74) is 2.14. The summed E-state index contributed by atoms with van der Waals surface area (Å²) in [4.78, 5) is 6.69. The smallest absolute Gasteiger partial charge is 0.0695 e. The van der Waals surface area contributed by atoms with Crippen molar-refractivity contribution in [1.29, 1.82) is 0 Å². The van der Waals surface area contributed by atoms with E-state index in [1.54, 1.807) is 0 Å². The van der Waals surface area contributed by atoms with Gasteiger partial charge in [-0.3, -0.25) is 9.88 Å². The Morgan fingerprint density at radius 2 is 2.05 bits per heavy atom. The number of aliphatic hydroxyl groups excluding tert-OH is 1. The Morgan fingerprint density at radius 1 is 1.32 bits per heavy atom. The summed E-state index contributed by atoms with van der Waals surface area (Å²) in [6.45, 7) is 3.58. The molecule has 1 aromatic rings. The molecule has 2 rings (SSSR count). The third kappa shape index (κ3) is 4.59. The lowest BCUT2D eigenvalue weighted by molar-refractivity contribution is 0.0528. The minimum absolute atomic E-state index is 0.185. The highest BCUT2D eigenvalue weighted by Gasteiger charge is 2.22. The molecule has 3 heteroatoms. The van der Waals surface area contributed by atoms with Crippen molar-refractivity contribution < 1.29 is 5.11 Å². The van der Waals surface area contributed by atoms with Gasteiger partial charge in [0.15, 0.2) is 0 Å². The van der Waals surface area contributed by atoms with Crippen molar-refractivity contribution in [2.75, 3.05) is 13.6 Å². The predicted molar refractivity (Wildman–Crippen MR) is 77.9 cm³/mol. The fourth-order valence-electron chi connectivity index (χ4n) is 3.02. The fourth-order valence-corrected chi connectivity index (χ4v) is 3.02. The van der Waals surface area contributed by atoms with Gasteiger partial charge in [-0.25, -0.2) is 0 Å². The van der Waals surface area contributed by atoms with Crippen LogP contribution in [0.25, 0.3) is 0 Å². The quantitative estimate of drug-likeness (QED) is 0.886. The lowest BCUT2D eigenvalue weighted by Gasteiger charge is -2.29. The number of hydrogen-bond donors (Lipinski definition) is 1. The van der Waals surface area contributed by atoms with Crippen LogP contribution in [0.2, 0.25) is 0 Å². The van der Waals surface area contributed by atoms with Crippen LogP contribution < -0.4 is 0 Å². The molecular formula is C16H26N2O. The van der Waals surface area contributed by atoms with Crippen LogP contribution in [0.15, 0.2) is 18.2 Å². The van der Waals surface area contributed by atoms with E-state index in [-0.39, 0.29) is 6.10 Å². The molecule has 1 N–H and O–H groups in total. The molecule has 0 aromatic carbocycles. The summed E-state index contributed by atoms with van der Waals surface area (Å²) in [5.74, 6) is 0.502. The zero-order valence-corrected chi connectivity index (χ0v) is 12.2. The molecular weight excluding hydrogens is 236 g/mol. The van der Waals surface area contributed by atoms with Gasteiger partial charge in [-0.2, -0.15) is 0 Å². The van der Waals surface area contributed by atoms with E-state index < -0.39 is 0 Å². The summed E-state index contributed by atoms with van der Waals surface area (Å²) in [5, 5.41) is 10.3. The topological polar surface area (TPSA) is 36.4 Å². The van der Waals surface area contributed by atoms with Crippen LogP contribution in [0.3, 0.4) is 0 Å². The van der Waals surface area contributed by atoms with E-state index in [0.29, 0.717) is 5.92 Å². The molecule has 0 saturated heterocycles. The maximum atomic E-state index is 10.3. The first-order chi connectivity index (χ1) is 9.15. The van der Waals surface area contributed by atoms with Gasteiger partial charge >= 0.3 is 0 Å². The third-order valence-corrected chi connectivity index (χ3v) is 4.07. The summed E-state index contributed by atoms with van der Waals surface area (Å²) >= 11 is 0. The lowest BCUT2D eigenvalue weighted by Crippen LogP contribution is -2.35. The fraction of sp³-hybridized carbons (Fsp3) is 0.688. The molecule has 1 atom stereocenters. The van der Waals surface area contributed by atoms with Crippen molar-refractivity contribution >= 4 is 0 Å². The summed E-state index contributed by atoms with van der Waals surface area (Å²) in [6, 6.07) is 6.11. The SMILES string of the molecule is Cc1cccc(CN(C)CC(O)C2CCCCC2)n1. The molecule has 1 heterocycles. The zero-order valence-electron chi connectivity index (χ0n) is 12.2. The molecule has 1 saturated carbocycles. The van der Waals surface area contributed by atoms with Crippen LogP contribution >= 0.6 is 0 Å². The summed E-state index contributed by atoms with van der Waals surface area (Å²) in [7, 11) is 2.07. The molecule has 3 nitrogen and oxygen atoms in total. The maximum Gasteiger partial charge on any atom is 0.0695 e. The molecule has 0 aliphatic heterocycles. The van der Waals surface area contributed by atoms with Gasteiger partial charge in [0.2, 0.25) is 0 Å². The first-order valence-corrected chi connectivity index (χ1v) is 7.44. The molecule has 0 radical (unpaired) electrons. The summed E-state index contributed by atoms with van der Waals surface area (Å²) in [6.07, 6.45) is 6.10. The molecule has 1 aliphatic rings. The first kappa shape index (κ1) is 14.5. The van der Waals surface area contributed by atoms with Gasteiger partial charge in [-0.15, -0.1) is 0 Å². The normalized spacial score (nSPS) is 18.7. The zero-order chi connectivity index (χ0) is 13.7. The van der Waals surface area contributed by atoms with Crippen molar-refractivity contribution in [3.8, 4) is 0 Å². The van der Waals surface area contributed by atoms with E-state index in [9.17, 15) is 5.11 Å². The van der Waals surface area contributed by atoms with Crippen molar-refractivity contribution in [1.82, 2.24) is 9.88 Å². The van der Waals surface area contributed by atoms with Crippen LogP contribution in [0.1, 0.15) is 43.5 Å². The van der Waals surface area contributed by atoms with E-state index in [1.807, 2.05) is 19.1 Å². The molecule has 0 spiro atoms. The minimum Gasteiger partial charge on any atom is -0.392 e. The predicted octanol–water partition coefficient (Wildman–Crippen LogP) is 2.76. The standard InChI is InChI=1S/C16H26N2O/c1-13-7-6-10-15(17-13)11-18(2)12-16(19)14-8-4-3-5-9-14/h6-7,10,14,16,19H,3-5,8-9,11-12H2,1-2H3. The van der Waals surface area contributed by atoms with Crippen LogP contribution in [-0.4, -0.2) is 34.7 Å². The molecule has 1 aromatic heterocycles. The van der Waals surface area contributed by atoms with Gasteiger partial charge in [0, 0.05) is 18.8 Å². The van der Waals surface area contributed by atoms with Crippen LogP contribution in [0.5, 0.6) is 0 Å². The molecule has 1 fully saturated rings. The van der Waals surface area contributed by atoms with E-state index in [4.69, 9.17) is 0 Å². The Labute approximate surface area is 116 Å². The Balaban J connectivity index is 1.81. The van der Waals surface area contributed by atoms with Gasteiger partial charge in [0.25, 0.3) is 0 Å². The monoisotopic (exact) mass is 262 g/mol. The minimum atomic E-state index is -0.185. The second-order valence-electron chi connectivity index (χ2n) is 5.93. The van der Waals surface area contributed by atoms with Crippen LogP contribution in [0.4, 0.5) is 0 Å². The number of aromatic nitrogens is 1. The van der Waals surface area contributed by atoms with E-state index in [1.165, 1.54) is 32.1 Å². The molecule has 0 bridgehead atoms. The number of likely N-dealkylation sites (N-methyl/N-ethyl adjacent to an activating group) is 1. The van der Waals surface area contributed by atoms with Crippen LogP contribution in [-0.2, 0) is 6.54 Å². The second-order valence-corrected chi connectivity index (χ2v) is 5.93. The highest BCUT2D eigenvalue weighted by Crippen LogP contribution is 2.26. The highest BCUT2D eigenvalue weighted by molar-refractivity contribution is 5.09. The first-order valence-electron chi connectivity index (χ1n) is 7.44.